The van der Waals surface area contributed by atoms with E-state index in [0.29, 0.717) is 5.56 Å². The van der Waals surface area contributed by atoms with Crippen LogP contribution in [-0.4, -0.2) is 25.5 Å². The molecule has 1 atom stereocenters. The Morgan fingerprint density at radius 3 is 2.45 bits per heavy atom. The smallest absolute Gasteiger partial charge is 0.321 e. The quantitative estimate of drug-likeness (QED) is 0.837. The summed E-state index contributed by atoms with van der Waals surface area (Å²) in [5.74, 6) is -2.58. The molecule has 7 heteroatoms. The molecule has 2 N–H and O–H groups in total. The van der Waals surface area contributed by atoms with Crippen LogP contribution in [0.5, 0.6) is 0 Å². The molecule has 1 aromatic carbocycles. The Hall–Kier alpha value is -1.47. The number of nitrogens with one attached hydrogen (secondary N) is 1. The summed E-state index contributed by atoms with van der Waals surface area (Å²) in [5.41, 5.74) is 0.693. The molecule has 20 heavy (non-hydrogen) atoms. The van der Waals surface area contributed by atoms with Gasteiger partial charge in [-0.2, -0.15) is 0 Å². The highest BCUT2D eigenvalue weighted by atomic mass is 32.2. The summed E-state index contributed by atoms with van der Waals surface area (Å²) >= 11 is 0. The summed E-state index contributed by atoms with van der Waals surface area (Å²) in [6, 6.07) is 2.93. The molecule has 0 radical (unpaired) electrons. The summed E-state index contributed by atoms with van der Waals surface area (Å²) in [6.07, 6.45) is 0. The second kappa shape index (κ2) is 6.32. The van der Waals surface area contributed by atoms with Crippen LogP contribution < -0.4 is 4.72 Å². The molecule has 5 nitrogen and oxygen atoms in total. The number of carboxylic acid groups (broad SMARTS) is 1. The maximum atomic E-state index is 13.4. The van der Waals surface area contributed by atoms with Gasteiger partial charge < -0.3 is 5.11 Å². The lowest BCUT2D eigenvalue weighted by Crippen LogP contribution is -2.44. The number of rotatable bonds is 6. The number of hydrogen-bond acceptors (Lipinski definition) is 3. The van der Waals surface area contributed by atoms with E-state index in [-0.39, 0.29) is 5.56 Å². The second-order valence-electron chi connectivity index (χ2n) is 5.02. The molecule has 0 spiro atoms. The van der Waals surface area contributed by atoms with Gasteiger partial charge in [-0.3, -0.25) is 4.79 Å². The van der Waals surface area contributed by atoms with Crippen molar-refractivity contribution in [3.63, 3.8) is 0 Å². The van der Waals surface area contributed by atoms with Crippen molar-refractivity contribution in [2.75, 3.05) is 0 Å². The van der Waals surface area contributed by atoms with Crippen LogP contribution in [0.25, 0.3) is 0 Å². The van der Waals surface area contributed by atoms with Gasteiger partial charge in [-0.25, -0.2) is 17.5 Å². The van der Waals surface area contributed by atoms with Crippen LogP contribution in [0.4, 0.5) is 4.39 Å². The number of carboxylic acids is 1. The Morgan fingerprint density at radius 2 is 2.00 bits per heavy atom. The SMILES string of the molecule is Cc1ccc(CS(=O)(=O)N[C@@H](C(=O)O)C(C)C)cc1F. The Kier molecular flexibility index (Phi) is 5.24. The predicted molar refractivity (Wildman–Crippen MR) is 73.2 cm³/mol. The van der Waals surface area contributed by atoms with Gasteiger partial charge in [0.1, 0.15) is 11.9 Å². The first-order valence-electron chi connectivity index (χ1n) is 6.10. The number of sulfonamides is 1. The average Bonchev–Trinajstić information content (AvgIpc) is 2.30. The van der Waals surface area contributed by atoms with E-state index in [9.17, 15) is 17.6 Å². The van der Waals surface area contributed by atoms with Crippen molar-refractivity contribution >= 4 is 16.0 Å². The zero-order valence-corrected chi connectivity index (χ0v) is 12.4. The summed E-state index contributed by atoms with van der Waals surface area (Å²) in [5, 5.41) is 8.97. The van der Waals surface area contributed by atoms with Gasteiger partial charge in [0.25, 0.3) is 0 Å². The molecule has 0 aliphatic carbocycles. The minimum absolute atomic E-state index is 0.272. The molecule has 0 aromatic heterocycles. The topological polar surface area (TPSA) is 83.5 Å². The lowest BCUT2D eigenvalue weighted by Gasteiger charge is -2.18. The maximum Gasteiger partial charge on any atom is 0.321 e. The number of hydrogen-bond donors (Lipinski definition) is 2. The number of aryl methyl sites for hydroxylation is 1. The molecule has 0 fully saturated rings. The molecule has 0 saturated carbocycles. The first kappa shape index (κ1) is 16.6. The van der Waals surface area contributed by atoms with Gasteiger partial charge in [-0.05, 0) is 30.0 Å². The Bertz CT molecular complexity index is 598. The van der Waals surface area contributed by atoms with Gasteiger partial charge in [-0.1, -0.05) is 26.0 Å². The van der Waals surface area contributed by atoms with Crippen molar-refractivity contribution in [2.24, 2.45) is 5.92 Å². The third kappa shape index (κ3) is 4.57. The highest BCUT2D eigenvalue weighted by molar-refractivity contribution is 7.88. The van der Waals surface area contributed by atoms with Crippen LogP contribution in [0.3, 0.4) is 0 Å². The highest BCUT2D eigenvalue weighted by Gasteiger charge is 2.27. The first-order chi connectivity index (χ1) is 9.12. The number of carbonyl (C=O) groups is 1. The van der Waals surface area contributed by atoms with E-state index in [1.54, 1.807) is 20.8 Å². The van der Waals surface area contributed by atoms with Gasteiger partial charge in [-0.15, -0.1) is 0 Å². The van der Waals surface area contributed by atoms with E-state index in [1.807, 2.05) is 0 Å². The molecule has 0 heterocycles. The largest absolute Gasteiger partial charge is 0.480 e. The Balaban J connectivity index is 2.89. The van der Waals surface area contributed by atoms with E-state index < -0.39 is 39.5 Å². The molecule has 0 aliphatic heterocycles. The monoisotopic (exact) mass is 303 g/mol. The second-order valence-corrected chi connectivity index (χ2v) is 6.77. The summed E-state index contributed by atoms with van der Waals surface area (Å²) in [7, 11) is -3.85. The molecule has 0 aliphatic rings. The van der Waals surface area contributed by atoms with Gasteiger partial charge in [0.05, 0.1) is 5.75 Å². The van der Waals surface area contributed by atoms with Crippen molar-refractivity contribution < 1.29 is 22.7 Å². The van der Waals surface area contributed by atoms with Gasteiger partial charge in [0, 0.05) is 0 Å². The zero-order chi connectivity index (χ0) is 15.5. The fourth-order valence-electron chi connectivity index (χ4n) is 1.65. The van der Waals surface area contributed by atoms with Crippen LogP contribution in [0.2, 0.25) is 0 Å². The molecule has 0 unspecified atom stereocenters. The van der Waals surface area contributed by atoms with E-state index in [0.717, 1.165) is 6.07 Å². The third-order valence-electron chi connectivity index (χ3n) is 2.83. The van der Waals surface area contributed by atoms with Crippen molar-refractivity contribution in [3.8, 4) is 0 Å². The molecule has 0 saturated heterocycles. The summed E-state index contributed by atoms with van der Waals surface area (Å²) in [6.45, 7) is 4.78. The van der Waals surface area contributed by atoms with Crippen molar-refractivity contribution in [3.05, 3.63) is 35.1 Å². The lowest BCUT2D eigenvalue weighted by atomic mass is 10.1. The molecular weight excluding hydrogens is 285 g/mol. The molecule has 0 bridgehead atoms. The zero-order valence-electron chi connectivity index (χ0n) is 11.6. The van der Waals surface area contributed by atoms with Crippen molar-refractivity contribution in [1.29, 1.82) is 0 Å². The number of aliphatic carboxylic acids is 1. The lowest BCUT2D eigenvalue weighted by molar-refractivity contribution is -0.140. The van der Waals surface area contributed by atoms with Crippen LogP contribution in [-0.2, 0) is 20.6 Å². The predicted octanol–water partition coefficient (Wildman–Crippen LogP) is 1.66. The van der Waals surface area contributed by atoms with Gasteiger partial charge in [0.2, 0.25) is 10.0 Å². The van der Waals surface area contributed by atoms with E-state index >= 15 is 0 Å². The van der Waals surface area contributed by atoms with Crippen molar-refractivity contribution in [1.82, 2.24) is 4.72 Å². The van der Waals surface area contributed by atoms with E-state index in [4.69, 9.17) is 5.11 Å². The highest BCUT2D eigenvalue weighted by Crippen LogP contribution is 2.13. The normalized spacial score (nSPS) is 13.4. The molecular formula is C13H18FNO4S. The van der Waals surface area contributed by atoms with Gasteiger partial charge >= 0.3 is 5.97 Å². The number of benzene rings is 1. The molecule has 1 rings (SSSR count). The van der Waals surface area contributed by atoms with Crippen LogP contribution in [0.1, 0.15) is 25.0 Å². The molecule has 0 amide bonds. The van der Waals surface area contributed by atoms with E-state index in [2.05, 4.69) is 4.72 Å². The average molecular weight is 303 g/mol. The number of halogens is 1. The third-order valence-corrected chi connectivity index (χ3v) is 4.16. The van der Waals surface area contributed by atoms with Crippen LogP contribution >= 0.6 is 0 Å². The van der Waals surface area contributed by atoms with Crippen molar-refractivity contribution in [2.45, 2.75) is 32.6 Å². The van der Waals surface area contributed by atoms with Crippen LogP contribution in [0.15, 0.2) is 18.2 Å². The van der Waals surface area contributed by atoms with Crippen LogP contribution in [0, 0.1) is 18.7 Å². The molecule has 112 valence electrons. The molecule has 1 aromatic rings. The minimum Gasteiger partial charge on any atom is -0.480 e. The summed E-state index contributed by atoms with van der Waals surface area (Å²) < 4.78 is 39.3. The first-order valence-corrected chi connectivity index (χ1v) is 7.75. The standard InChI is InChI=1S/C13H18FNO4S/c1-8(2)12(13(16)17)15-20(18,19)7-10-5-4-9(3)11(14)6-10/h4-6,8,12,15H,7H2,1-3H3,(H,16,17)/t12-/m1/s1. The maximum absolute atomic E-state index is 13.4. The van der Waals surface area contributed by atoms with Gasteiger partial charge in [0.15, 0.2) is 0 Å². The Morgan fingerprint density at radius 1 is 1.40 bits per heavy atom. The fourth-order valence-corrected chi connectivity index (χ4v) is 3.11. The van der Waals surface area contributed by atoms with E-state index in [1.165, 1.54) is 12.1 Å². The minimum atomic E-state index is -3.85. The Labute approximate surface area is 117 Å². The fraction of sp³-hybridized carbons (Fsp3) is 0.462. The summed E-state index contributed by atoms with van der Waals surface area (Å²) in [4.78, 5) is 11.0.